The van der Waals surface area contributed by atoms with E-state index in [-0.39, 0.29) is 5.91 Å². The van der Waals surface area contributed by atoms with Gasteiger partial charge in [0.25, 0.3) is 5.91 Å². The summed E-state index contributed by atoms with van der Waals surface area (Å²) in [6.45, 7) is 4.26. The summed E-state index contributed by atoms with van der Waals surface area (Å²) in [6.07, 6.45) is 3.77. The highest BCUT2D eigenvalue weighted by Crippen LogP contribution is 1.98. The van der Waals surface area contributed by atoms with Crippen LogP contribution in [0.2, 0.25) is 0 Å². The Labute approximate surface area is 120 Å². The number of hydrogen-bond donors (Lipinski definition) is 2. The van der Waals surface area contributed by atoms with Gasteiger partial charge in [-0.25, -0.2) is 0 Å². The number of carbonyl (C=O) groups is 1. The Hall–Kier alpha value is -1.98. The van der Waals surface area contributed by atoms with Crippen LogP contribution in [0.5, 0.6) is 0 Å². The normalized spacial score (nSPS) is 11.2. The maximum Gasteiger partial charge on any atom is 0.287 e. The predicted octanol–water partition coefficient (Wildman–Crippen LogP) is 1.32. The van der Waals surface area contributed by atoms with E-state index in [9.17, 15) is 4.79 Å². The van der Waals surface area contributed by atoms with Gasteiger partial charge in [-0.05, 0) is 18.6 Å². The lowest BCUT2D eigenvalue weighted by Crippen LogP contribution is -2.42. The first-order chi connectivity index (χ1) is 9.69. The molecule has 0 atom stereocenters. The SMILES string of the molecule is CCCCN(C)C(=NC)NCCNC(=O)c1ccco1. The molecule has 6 nitrogen and oxygen atoms in total. The molecule has 0 saturated carbocycles. The summed E-state index contributed by atoms with van der Waals surface area (Å²) in [7, 11) is 3.76. The first-order valence-electron chi connectivity index (χ1n) is 6.92. The monoisotopic (exact) mass is 280 g/mol. The number of aliphatic imine (C=N–C) groups is 1. The number of hydrogen-bond acceptors (Lipinski definition) is 3. The van der Waals surface area contributed by atoms with Crippen LogP contribution in [0.1, 0.15) is 30.3 Å². The molecule has 2 N–H and O–H groups in total. The lowest BCUT2D eigenvalue weighted by Gasteiger charge is -2.21. The fourth-order valence-corrected chi connectivity index (χ4v) is 1.73. The van der Waals surface area contributed by atoms with Crippen LogP contribution >= 0.6 is 0 Å². The van der Waals surface area contributed by atoms with Crippen LogP contribution in [0.4, 0.5) is 0 Å². The summed E-state index contributed by atoms with van der Waals surface area (Å²) in [5, 5.41) is 5.99. The summed E-state index contributed by atoms with van der Waals surface area (Å²) in [5.74, 6) is 0.964. The minimum absolute atomic E-state index is 0.203. The van der Waals surface area contributed by atoms with Crippen molar-refractivity contribution in [2.75, 3.05) is 33.7 Å². The van der Waals surface area contributed by atoms with E-state index < -0.39 is 0 Å². The molecule has 0 fully saturated rings. The Bertz CT molecular complexity index is 415. The molecular formula is C14H24N4O2. The van der Waals surface area contributed by atoms with Gasteiger partial charge in [-0.15, -0.1) is 0 Å². The second-order valence-corrected chi connectivity index (χ2v) is 4.48. The van der Waals surface area contributed by atoms with E-state index >= 15 is 0 Å². The Morgan fingerprint density at radius 3 is 2.75 bits per heavy atom. The lowest BCUT2D eigenvalue weighted by atomic mass is 10.3. The molecule has 0 radical (unpaired) electrons. The van der Waals surface area contributed by atoms with Gasteiger partial charge in [0.2, 0.25) is 0 Å². The van der Waals surface area contributed by atoms with Gasteiger partial charge in [0.1, 0.15) is 0 Å². The minimum atomic E-state index is -0.203. The first kappa shape index (κ1) is 16.1. The Morgan fingerprint density at radius 1 is 1.40 bits per heavy atom. The standard InChI is InChI=1S/C14H24N4O2/c1-4-5-10-18(3)14(15-2)17-9-8-16-13(19)12-7-6-11-20-12/h6-7,11H,4-5,8-10H2,1-3H3,(H,15,17)(H,16,19). The van der Waals surface area contributed by atoms with Crippen LogP contribution in [0.15, 0.2) is 27.8 Å². The smallest absolute Gasteiger partial charge is 0.287 e. The molecule has 0 unspecified atom stereocenters. The van der Waals surface area contributed by atoms with Gasteiger partial charge in [0.15, 0.2) is 11.7 Å². The highest BCUT2D eigenvalue weighted by Gasteiger charge is 2.08. The molecule has 0 spiro atoms. The van der Waals surface area contributed by atoms with Gasteiger partial charge in [-0.2, -0.15) is 0 Å². The van der Waals surface area contributed by atoms with E-state index in [2.05, 4.69) is 27.4 Å². The van der Waals surface area contributed by atoms with Crippen molar-refractivity contribution in [2.45, 2.75) is 19.8 Å². The molecule has 112 valence electrons. The molecular weight excluding hydrogens is 256 g/mol. The van der Waals surface area contributed by atoms with Crippen molar-refractivity contribution in [3.63, 3.8) is 0 Å². The van der Waals surface area contributed by atoms with Crippen LogP contribution in [-0.2, 0) is 0 Å². The maximum absolute atomic E-state index is 11.6. The Kier molecular flexibility index (Phi) is 7.24. The van der Waals surface area contributed by atoms with Gasteiger partial charge < -0.3 is 20.0 Å². The largest absolute Gasteiger partial charge is 0.459 e. The second kappa shape index (κ2) is 9.01. The van der Waals surface area contributed by atoms with Crippen LogP contribution in [0, 0.1) is 0 Å². The fraction of sp³-hybridized carbons (Fsp3) is 0.571. The topological polar surface area (TPSA) is 69.9 Å². The van der Waals surface area contributed by atoms with Crippen molar-refractivity contribution in [3.05, 3.63) is 24.2 Å². The maximum atomic E-state index is 11.6. The van der Waals surface area contributed by atoms with Crippen LogP contribution in [0.25, 0.3) is 0 Å². The van der Waals surface area contributed by atoms with Gasteiger partial charge >= 0.3 is 0 Å². The summed E-state index contributed by atoms with van der Waals surface area (Å²) in [6, 6.07) is 3.33. The van der Waals surface area contributed by atoms with Crippen molar-refractivity contribution in [2.24, 2.45) is 4.99 Å². The van der Waals surface area contributed by atoms with Crippen molar-refractivity contribution in [1.29, 1.82) is 0 Å². The molecule has 0 bridgehead atoms. The third-order valence-electron chi connectivity index (χ3n) is 2.86. The van der Waals surface area contributed by atoms with Gasteiger partial charge in [-0.1, -0.05) is 13.3 Å². The third kappa shape index (κ3) is 5.34. The number of nitrogens with zero attached hydrogens (tertiary/aromatic N) is 2. The number of carbonyl (C=O) groups excluding carboxylic acids is 1. The van der Waals surface area contributed by atoms with Crippen LogP contribution in [-0.4, -0.2) is 50.5 Å². The molecule has 0 aliphatic carbocycles. The average molecular weight is 280 g/mol. The average Bonchev–Trinajstić information content (AvgIpc) is 2.98. The van der Waals surface area contributed by atoms with E-state index in [4.69, 9.17) is 4.42 Å². The van der Waals surface area contributed by atoms with E-state index in [1.807, 2.05) is 7.05 Å². The molecule has 1 amide bonds. The van der Waals surface area contributed by atoms with Crippen LogP contribution in [0.3, 0.4) is 0 Å². The minimum Gasteiger partial charge on any atom is -0.459 e. The predicted molar refractivity (Wildman–Crippen MR) is 79.9 cm³/mol. The molecule has 1 aromatic rings. The van der Waals surface area contributed by atoms with E-state index in [0.717, 1.165) is 25.3 Å². The summed E-state index contributed by atoms with van der Waals surface area (Å²) in [5.41, 5.74) is 0. The molecule has 6 heteroatoms. The Morgan fingerprint density at radius 2 is 2.15 bits per heavy atom. The highest BCUT2D eigenvalue weighted by atomic mass is 16.3. The van der Waals surface area contributed by atoms with Gasteiger partial charge in [0.05, 0.1) is 6.26 Å². The van der Waals surface area contributed by atoms with E-state index in [0.29, 0.717) is 18.8 Å². The summed E-state index contributed by atoms with van der Waals surface area (Å²) < 4.78 is 5.01. The number of nitrogens with one attached hydrogen (secondary N) is 2. The van der Waals surface area contributed by atoms with Crippen molar-refractivity contribution in [1.82, 2.24) is 15.5 Å². The molecule has 1 heterocycles. The molecule has 1 rings (SSSR count). The van der Waals surface area contributed by atoms with Crippen molar-refractivity contribution < 1.29 is 9.21 Å². The molecule has 0 saturated heterocycles. The van der Waals surface area contributed by atoms with Crippen molar-refractivity contribution in [3.8, 4) is 0 Å². The number of rotatable bonds is 7. The zero-order chi connectivity index (χ0) is 14.8. The number of guanidine groups is 1. The molecule has 20 heavy (non-hydrogen) atoms. The van der Waals surface area contributed by atoms with Crippen molar-refractivity contribution >= 4 is 11.9 Å². The molecule has 1 aromatic heterocycles. The highest BCUT2D eigenvalue weighted by molar-refractivity contribution is 5.91. The zero-order valence-corrected chi connectivity index (χ0v) is 12.5. The van der Waals surface area contributed by atoms with Gasteiger partial charge in [0, 0.05) is 33.7 Å². The summed E-state index contributed by atoms with van der Waals surface area (Å²) >= 11 is 0. The first-order valence-corrected chi connectivity index (χ1v) is 6.92. The summed E-state index contributed by atoms with van der Waals surface area (Å²) in [4.78, 5) is 17.9. The van der Waals surface area contributed by atoms with E-state index in [1.165, 1.54) is 6.26 Å². The molecule has 0 aromatic carbocycles. The number of amides is 1. The number of unbranched alkanes of at least 4 members (excludes halogenated alkanes) is 1. The van der Waals surface area contributed by atoms with Crippen LogP contribution < -0.4 is 10.6 Å². The molecule has 0 aliphatic rings. The quantitative estimate of drug-likeness (QED) is 0.449. The zero-order valence-electron chi connectivity index (χ0n) is 12.5. The second-order valence-electron chi connectivity index (χ2n) is 4.48. The Balaban J connectivity index is 2.23. The van der Waals surface area contributed by atoms with E-state index in [1.54, 1.807) is 19.2 Å². The van der Waals surface area contributed by atoms with Gasteiger partial charge in [-0.3, -0.25) is 9.79 Å². The molecule has 0 aliphatic heterocycles. The fourth-order valence-electron chi connectivity index (χ4n) is 1.73. The lowest BCUT2D eigenvalue weighted by molar-refractivity contribution is 0.0926. The third-order valence-corrected chi connectivity index (χ3v) is 2.86. The number of furan rings is 1.